The Hall–Kier alpha value is -1.15. The van der Waals surface area contributed by atoms with Gasteiger partial charge in [0, 0.05) is 41.1 Å². The number of carbonyl (C=O) groups is 1. The molecular weight excluding hydrogens is 340 g/mol. The molecule has 1 atom stereocenters. The number of hydrogen-bond acceptors (Lipinski definition) is 6. The number of rotatable bonds is 4. The number of hydrogen-bond donors (Lipinski definition) is 2. The van der Waals surface area contributed by atoms with E-state index in [0.29, 0.717) is 16.6 Å². The number of halogens is 1. The molecule has 1 unspecified atom stereocenters. The Labute approximate surface area is 141 Å². The Kier molecular flexibility index (Phi) is 5.30. The molecule has 1 aliphatic heterocycles. The zero-order chi connectivity index (χ0) is 15.4. The summed E-state index contributed by atoms with van der Waals surface area (Å²) < 4.78 is 0. The minimum absolute atomic E-state index is 0.0335. The van der Waals surface area contributed by atoms with Crippen LogP contribution in [0.1, 0.15) is 6.42 Å². The SMILES string of the molecule is O=C(CC1CSCCN1)Nc1nnc(-c2cccc(Cl)c2)s1. The van der Waals surface area contributed by atoms with Gasteiger partial charge in [-0.3, -0.25) is 4.79 Å². The summed E-state index contributed by atoms with van der Waals surface area (Å²) in [6.45, 7) is 0.959. The lowest BCUT2D eigenvalue weighted by atomic mass is 10.2. The molecular formula is C14H15ClN4OS2. The Morgan fingerprint density at radius 3 is 3.14 bits per heavy atom. The topological polar surface area (TPSA) is 66.9 Å². The van der Waals surface area contributed by atoms with E-state index < -0.39 is 0 Å². The molecule has 22 heavy (non-hydrogen) atoms. The molecule has 1 aromatic heterocycles. The van der Waals surface area contributed by atoms with E-state index >= 15 is 0 Å². The second-order valence-electron chi connectivity index (χ2n) is 4.90. The highest BCUT2D eigenvalue weighted by Gasteiger charge is 2.18. The Bertz CT molecular complexity index is 658. The maximum absolute atomic E-state index is 12.0. The van der Waals surface area contributed by atoms with E-state index in [2.05, 4.69) is 20.8 Å². The highest BCUT2D eigenvalue weighted by atomic mass is 35.5. The molecule has 0 aliphatic carbocycles. The molecule has 2 aromatic rings. The smallest absolute Gasteiger partial charge is 0.227 e. The number of benzene rings is 1. The van der Waals surface area contributed by atoms with Crippen LogP contribution >= 0.6 is 34.7 Å². The molecule has 0 bridgehead atoms. The second-order valence-corrected chi connectivity index (χ2v) is 7.46. The summed E-state index contributed by atoms with van der Waals surface area (Å²) in [5.41, 5.74) is 0.899. The lowest BCUT2D eigenvalue weighted by molar-refractivity contribution is -0.116. The predicted molar refractivity (Wildman–Crippen MR) is 92.7 cm³/mol. The van der Waals surface area contributed by atoms with Crippen molar-refractivity contribution in [2.45, 2.75) is 12.5 Å². The Balaban J connectivity index is 1.60. The van der Waals surface area contributed by atoms with Crippen molar-refractivity contribution in [2.75, 3.05) is 23.4 Å². The van der Waals surface area contributed by atoms with Crippen molar-refractivity contribution in [3.05, 3.63) is 29.3 Å². The first kappa shape index (κ1) is 15.7. The van der Waals surface area contributed by atoms with E-state index in [1.54, 1.807) is 0 Å². The molecule has 1 saturated heterocycles. The van der Waals surface area contributed by atoms with Crippen molar-refractivity contribution in [2.24, 2.45) is 0 Å². The Morgan fingerprint density at radius 1 is 1.45 bits per heavy atom. The average molecular weight is 355 g/mol. The average Bonchev–Trinajstić information content (AvgIpc) is 2.96. The van der Waals surface area contributed by atoms with Gasteiger partial charge in [-0.15, -0.1) is 10.2 Å². The first-order valence-corrected chi connectivity index (χ1v) is 9.26. The maximum Gasteiger partial charge on any atom is 0.227 e. The number of thioether (sulfide) groups is 1. The standard InChI is InChI=1S/C14H15ClN4OS2/c15-10-3-1-2-9(6-10)13-18-19-14(22-13)17-12(20)7-11-8-21-5-4-16-11/h1-3,6,11,16H,4-5,7-8H2,(H,17,19,20). The van der Waals surface area contributed by atoms with Gasteiger partial charge in [-0.2, -0.15) is 11.8 Å². The van der Waals surface area contributed by atoms with Crippen LogP contribution in [0.25, 0.3) is 10.6 Å². The van der Waals surface area contributed by atoms with Crippen LogP contribution in [0, 0.1) is 0 Å². The van der Waals surface area contributed by atoms with Crippen molar-refractivity contribution < 1.29 is 4.79 Å². The third-order valence-corrected chi connectivity index (χ3v) is 5.43. The van der Waals surface area contributed by atoms with Gasteiger partial charge in [0.2, 0.25) is 11.0 Å². The predicted octanol–water partition coefficient (Wildman–Crippen LogP) is 2.89. The van der Waals surface area contributed by atoms with E-state index in [4.69, 9.17) is 11.6 Å². The fraction of sp³-hybridized carbons (Fsp3) is 0.357. The minimum Gasteiger partial charge on any atom is -0.312 e. The molecule has 0 radical (unpaired) electrons. The van der Waals surface area contributed by atoms with Gasteiger partial charge in [-0.25, -0.2) is 0 Å². The van der Waals surface area contributed by atoms with Gasteiger partial charge < -0.3 is 10.6 Å². The molecule has 5 nitrogen and oxygen atoms in total. The maximum atomic E-state index is 12.0. The molecule has 0 spiro atoms. The van der Waals surface area contributed by atoms with Crippen molar-refractivity contribution in [3.63, 3.8) is 0 Å². The van der Waals surface area contributed by atoms with E-state index in [1.807, 2.05) is 36.0 Å². The van der Waals surface area contributed by atoms with E-state index in [1.165, 1.54) is 11.3 Å². The van der Waals surface area contributed by atoms with Crippen molar-refractivity contribution in [3.8, 4) is 10.6 Å². The third-order valence-electron chi connectivity index (χ3n) is 3.17. The quantitative estimate of drug-likeness (QED) is 0.883. The van der Waals surface area contributed by atoms with Gasteiger partial charge in [-0.05, 0) is 12.1 Å². The van der Waals surface area contributed by atoms with Crippen LogP contribution in [0.2, 0.25) is 5.02 Å². The molecule has 1 aliphatic rings. The molecule has 2 heterocycles. The van der Waals surface area contributed by atoms with E-state index in [9.17, 15) is 4.79 Å². The Morgan fingerprint density at radius 2 is 2.36 bits per heavy atom. The fourth-order valence-electron chi connectivity index (χ4n) is 2.16. The largest absolute Gasteiger partial charge is 0.312 e. The van der Waals surface area contributed by atoms with Gasteiger partial charge in [-0.1, -0.05) is 35.1 Å². The molecule has 1 amide bonds. The highest BCUT2D eigenvalue weighted by Crippen LogP contribution is 2.28. The first-order chi connectivity index (χ1) is 10.7. The number of carbonyl (C=O) groups excluding carboxylic acids is 1. The van der Waals surface area contributed by atoms with E-state index in [-0.39, 0.29) is 11.9 Å². The van der Waals surface area contributed by atoms with Gasteiger partial charge >= 0.3 is 0 Å². The number of aromatic nitrogens is 2. The van der Waals surface area contributed by atoms with Crippen LogP contribution < -0.4 is 10.6 Å². The lowest BCUT2D eigenvalue weighted by Crippen LogP contribution is -2.39. The normalized spacial score (nSPS) is 18.1. The van der Waals surface area contributed by atoms with Crippen molar-refractivity contribution in [1.29, 1.82) is 0 Å². The van der Waals surface area contributed by atoms with Gasteiger partial charge in [0.05, 0.1) is 0 Å². The molecule has 0 saturated carbocycles. The monoisotopic (exact) mass is 354 g/mol. The number of amides is 1. The van der Waals surface area contributed by atoms with Gasteiger partial charge in [0.1, 0.15) is 5.01 Å². The van der Waals surface area contributed by atoms with Crippen LogP contribution in [-0.2, 0) is 4.79 Å². The molecule has 1 fully saturated rings. The number of nitrogens with zero attached hydrogens (tertiary/aromatic N) is 2. The molecule has 1 aromatic carbocycles. The van der Waals surface area contributed by atoms with Crippen LogP contribution in [0.15, 0.2) is 24.3 Å². The fourth-order valence-corrected chi connectivity index (χ4v) is 4.05. The summed E-state index contributed by atoms with van der Waals surface area (Å²) in [6.07, 6.45) is 0.457. The molecule has 2 N–H and O–H groups in total. The first-order valence-electron chi connectivity index (χ1n) is 6.91. The van der Waals surface area contributed by atoms with Gasteiger partial charge in [0.15, 0.2) is 0 Å². The zero-order valence-electron chi connectivity index (χ0n) is 11.7. The summed E-state index contributed by atoms with van der Waals surface area (Å²) in [5.74, 6) is 2.04. The van der Waals surface area contributed by atoms with Crippen LogP contribution in [0.5, 0.6) is 0 Å². The molecule has 3 rings (SSSR count). The van der Waals surface area contributed by atoms with Gasteiger partial charge in [0.25, 0.3) is 0 Å². The van der Waals surface area contributed by atoms with Crippen LogP contribution in [0.3, 0.4) is 0 Å². The number of anilines is 1. The summed E-state index contributed by atoms with van der Waals surface area (Å²) in [6, 6.07) is 7.66. The molecule has 116 valence electrons. The summed E-state index contributed by atoms with van der Waals surface area (Å²) in [4.78, 5) is 12.0. The molecule has 8 heteroatoms. The van der Waals surface area contributed by atoms with Crippen molar-refractivity contribution in [1.82, 2.24) is 15.5 Å². The second kappa shape index (κ2) is 7.41. The van der Waals surface area contributed by atoms with Crippen LogP contribution in [0.4, 0.5) is 5.13 Å². The van der Waals surface area contributed by atoms with Crippen LogP contribution in [-0.4, -0.2) is 40.2 Å². The lowest BCUT2D eigenvalue weighted by Gasteiger charge is -2.22. The summed E-state index contributed by atoms with van der Waals surface area (Å²) in [5, 5.41) is 16.2. The zero-order valence-corrected chi connectivity index (χ0v) is 14.1. The van der Waals surface area contributed by atoms with E-state index in [0.717, 1.165) is 28.6 Å². The number of nitrogens with one attached hydrogen (secondary N) is 2. The summed E-state index contributed by atoms with van der Waals surface area (Å²) in [7, 11) is 0. The highest BCUT2D eigenvalue weighted by molar-refractivity contribution is 7.99. The summed E-state index contributed by atoms with van der Waals surface area (Å²) >= 11 is 9.19. The third kappa shape index (κ3) is 4.19. The minimum atomic E-state index is -0.0335. The van der Waals surface area contributed by atoms with Crippen molar-refractivity contribution >= 4 is 45.7 Å².